The van der Waals surface area contributed by atoms with Crippen molar-refractivity contribution in [2.24, 2.45) is 7.05 Å². The van der Waals surface area contributed by atoms with E-state index in [-0.39, 0.29) is 5.91 Å². The predicted octanol–water partition coefficient (Wildman–Crippen LogP) is 1.58. The van der Waals surface area contributed by atoms with Gasteiger partial charge in [0.25, 0.3) is 0 Å². The molecule has 3 heterocycles. The maximum atomic E-state index is 12.6. The molecule has 0 spiro atoms. The Morgan fingerprint density at radius 3 is 3.09 bits per heavy atom. The number of rotatable bonds is 6. The summed E-state index contributed by atoms with van der Waals surface area (Å²) in [6.45, 7) is 1.72. The smallest absolute Gasteiger partial charge is 0.233 e. The number of piperidine rings is 1. The molecule has 1 fully saturated rings. The molecule has 2 aromatic heterocycles. The van der Waals surface area contributed by atoms with Crippen molar-refractivity contribution in [3.8, 4) is 0 Å². The molecule has 8 heteroatoms. The van der Waals surface area contributed by atoms with Crippen LogP contribution in [-0.4, -0.2) is 53.7 Å². The van der Waals surface area contributed by atoms with E-state index in [1.165, 1.54) is 18.2 Å². The summed E-state index contributed by atoms with van der Waals surface area (Å²) in [7, 11) is 1.89. The molecule has 1 aliphatic heterocycles. The van der Waals surface area contributed by atoms with Crippen molar-refractivity contribution in [3.63, 3.8) is 0 Å². The summed E-state index contributed by atoms with van der Waals surface area (Å²) >= 11 is 1.45. The minimum absolute atomic E-state index is 0.197. The highest BCUT2D eigenvalue weighted by Crippen LogP contribution is 2.22. The lowest BCUT2D eigenvalue weighted by molar-refractivity contribution is -0.132. The van der Waals surface area contributed by atoms with Crippen molar-refractivity contribution in [2.75, 3.05) is 12.3 Å². The second-order valence-electron chi connectivity index (χ2n) is 5.81. The lowest BCUT2D eigenvalue weighted by atomic mass is 9.99. The quantitative estimate of drug-likeness (QED) is 0.750. The van der Waals surface area contributed by atoms with E-state index in [0.29, 0.717) is 11.8 Å². The number of likely N-dealkylation sites (tertiary alicyclic amines) is 1. The predicted molar refractivity (Wildman–Crippen MR) is 87.9 cm³/mol. The Morgan fingerprint density at radius 1 is 1.43 bits per heavy atom. The normalized spacial score (nSPS) is 18.3. The van der Waals surface area contributed by atoms with Gasteiger partial charge in [0.15, 0.2) is 5.16 Å². The van der Waals surface area contributed by atoms with Gasteiger partial charge >= 0.3 is 0 Å². The lowest BCUT2D eigenvalue weighted by Gasteiger charge is -2.36. The molecule has 7 nitrogen and oxygen atoms in total. The Hall–Kier alpha value is -1.83. The highest BCUT2D eigenvalue weighted by molar-refractivity contribution is 7.99. The van der Waals surface area contributed by atoms with Gasteiger partial charge in [-0.3, -0.25) is 9.48 Å². The van der Waals surface area contributed by atoms with Crippen LogP contribution in [0.4, 0.5) is 0 Å². The van der Waals surface area contributed by atoms with Gasteiger partial charge < -0.3 is 9.47 Å². The number of thioether (sulfide) groups is 1. The van der Waals surface area contributed by atoms with E-state index in [4.69, 9.17) is 0 Å². The SMILES string of the molecule is Cn1cnnc1SCC(=O)N1CCCC[C@@H]1CCn1cccn1. The molecule has 0 unspecified atom stereocenters. The van der Waals surface area contributed by atoms with Crippen LogP contribution in [-0.2, 0) is 18.4 Å². The molecule has 124 valence electrons. The van der Waals surface area contributed by atoms with Crippen molar-refractivity contribution in [1.82, 2.24) is 29.4 Å². The van der Waals surface area contributed by atoms with Gasteiger partial charge in [-0.05, 0) is 31.7 Å². The van der Waals surface area contributed by atoms with Crippen LogP contribution < -0.4 is 0 Å². The summed E-state index contributed by atoms with van der Waals surface area (Å²) in [6.07, 6.45) is 9.76. The molecule has 1 saturated heterocycles. The molecule has 0 N–H and O–H groups in total. The number of carbonyl (C=O) groups is 1. The zero-order valence-electron chi connectivity index (χ0n) is 13.3. The Morgan fingerprint density at radius 2 is 2.35 bits per heavy atom. The van der Waals surface area contributed by atoms with Gasteiger partial charge in [0.2, 0.25) is 5.91 Å². The zero-order chi connectivity index (χ0) is 16.1. The molecule has 3 rings (SSSR count). The van der Waals surface area contributed by atoms with Crippen molar-refractivity contribution in [1.29, 1.82) is 0 Å². The van der Waals surface area contributed by atoms with Gasteiger partial charge in [0.05, 0.1) is 5.75 Å². The van der Waals surface area contributed by atoms with Crippen molar-refractivity contribution >= 4 is 17.7 Å². The van der Waals surface area contributed by atoms with Crippen LogP contribution in [0.5, 0.6) is 0 Å². The Bertz CT molecular complexity index is 626. The number of carbonyl (C=O) groups excluding carboxylic acids is 1. The molecular weight excluding hydrogens is 312 g/mol. The largest absolute Gasteiger partial charge is 0.339 e. The summed E-state index contributed by atoms with van der Waals surface area (Å²) in [5.41, 5.74) is 0. The Balaban J connectivity index is 1.54. The molecule has 0 radical (unpaired) electrons. The summed E-state index contributed by atoms with van der Waals surface area (Å²) < 4.78 is 3.77. The Labute approximate surface area is 140 Å². The summed E-state index contributed by atoms with van der Waals surface area (Å²) in [5, 5.41) is 12.9. The number of hydrogen-bond acceptors (Lipinski definition) is 5. The number of amides is 1. The van der Waals surface area contributed by atoms with Crippen LogP contribution >= 0.6 is 11.8 Å². The highest BCUT2D eigenvalue weighted by atomic mass is 32.2. The molecule has 1 atom stereocenters. The van der Waals surface area contributed by atoms with Crippen molar-refractivity contribution in [3.05, 3.63) is 24.8 Å². The fraction of sp³-hybridized carbons (Fsp3) is 0.600. The van der Waals surface area contributed by atoms with Gasteiger partial charge in [0.1, 0.15) is 6.33 Å². The average Bonchev–Trinajstić information content (AvgIpc) is 3.22. The van der Waals surface area contributed by atoms with Crippen molar-refractivity contribution < 1.29 is 4.79 Å². The van der Waals surface area contributed by atoms with E-state index in [1.54, 1.807) is 12.5 Å². The van der Waals surface area contributed by atoms with E-state index in [0.717, 1.165) is 37.5 Å². The Kier molecular flexibility index (Phi) is 5.32. The molecule has 23 heavy (non-hydrogen) atoms. The number of nitrogens with zero attached hydrogens (tertiary/aromatic N) is 6. The molecule has 0 aromatic carbocycles. The van der Waals surface area contributed by atoms with Gasteiger partial charge in [-0.1, -0.05) is 11.8 Å². The van der Waals surface area contributed by atoms with Crippen molar-refractivity contribution in [2.45, 2.75) is 43.4 Å². The van der Waals surface area contributed by atoms with E-state index in [1.807, 2.05) is 28.6 Å². The molecule has 2 aromatic rings. The molecule has 0 bridgehead atoms. The minimum Gasteiger partial charge on any atom is -0.339 e. The van der Waals surface area contributed by atoms with Crippen LogP contribution in [0.15, 0.2) is 29.9 Å². The van der Waals surface area contributed by atoms with E-state index in [2.05, 4.69) is 20.2 Å². The second-order valence-corrected chi connectivity index (χ2v) is 6.75. The summed E-state index contributed by atoms with van der Waals surface area (Å²) in [6, 6.07) is 2.25. The maximum absolute atomic E-state index is 12.6. The molecule has 0 saturated carbocycles. The number of hydrogen-bond donors (Lipinski definition) is 0. The van der Waals surface area contributed by atoms with Crippen LogP contribution in [0.1, 0.15) is 25.7 Å². The first kappa shape index (κ1) is 16.0. The monoisotopic (exact) mass is 334 g/mol. The third-order valence-electron chi connectivity index (χ3n) is 4.19. The lowest BCUT2D eigenvalue weighted by Crippen LogP contribution is -2.45. The van der Waals surface area contributed by atoms with Gasteiger partial charge in [-0.15, -0.1) is 10.2 Å². The second kappa shape index (κ2) is 7.63. The third kappa shape index (κ3) is 4.13. The minimum atomic E-state index is 0.197. The van der Waals surface area contributed by atoms with E-state index in [9.17, 15) is 4.79 Å². The molecular formula is C15H22N6OS. The maximum Gasteiger partial charge on any atom is 0.233 e. The zero-order valence-corrected chi connectivity index (χ0v) is 14.2. The fourth-order valence-corrected chi connectivity index (χ4v) is 3.73. The van der Waals surface area contributed by atoms with E-state index < -0.39 is 0 Å². The first-order valence-electron chi connectivity index (χ1n) is 7.98. The standard InChI is InChI=1S/C15H22N6OS/c1-19-12-16-18-15(19)23-11-14(22)21-9-3-2-5-13(21)6-10-20-8-4-7-17-20/h4,7-8,12-13H,2-3,5-6,9-11H2,1H3/t13-/m1/s1. The van der Waals surface area contributed by atoms with E-state index >= 15 is 0 Å². The van der Waals surface area contributed by atoms with Gasteiger partial charge in [-0.2, -0.15) is 5.10 Å². The van der Waals surface area contributed by atoms with Crippen LogP contribution in [0.2, 0.25) is 0 Å². The third-order valence-corrected chi connectivity index (χ3v) is 5.21. The average molecular weight is 334 g/mol. The topological polar surface area (TPSA) is 68.8 Å². The first-order valence-corrected chi connectivity index (χ1v) is 8.96. The van der Waals surface area contributed by atoms with Gasteiger partial charge in [-0.25, -0.2) is 0 Å². The first-order chi connectivity index (χ1) is 11.2. The summed E-state index contributed by atoms with van der Waals surface area (Å²) in [5.74, 6) is 0.619. The highest BCUT2D eigenvalue weighted by Gasteiger charge is 2.26. The van der Waals surface area contributed by atoms with Crippen LogP contribution in [0, 0.1) is 0 Å². The van der Waals surface area contributed by atoms with Crippen LogP contribution in [0.3, 0.4) is 0 Å². The van der Waals surface area contributed by atoms with Crippen LogP contribution in [0.25, 0.3) is 0 Å². The number of aryl methyl sites for hydroxylation is 2. The fourth-order valence-electron chi connectivity index (χ4n) is 2.96. The molecule has 1 aliphatic rings. The molecule has 1 amide bonds. The van der Waals surface area contributed by atoms with Gasteiger partial charge in [0, 0.05) is 38.6 Å². The summed E-state index contributed by atoms with van der Waals surface area (Å²) in [4.78, 5) is 14.7. The molecule has 0 aliphatic carbocycles. The number of aromatic nitrogens is 5.